The molecule has 3 unspecified atom stereocenters. The molecule has 2 saturated heterocycles. The summed E-state index contributed by atoms with van der Waals surface area (Å²) in [5.74, 6) is -1.36. The van der Waals surface area contributed by atoms with E-state index in [1.807, 2.05) is 20.9 Å². The predicted molar refractivity (Wildman–Crippen MR) is 169 cm³/mol. The van der Waals surface area contributed by atoms with E-state index in [9.17, 15) is 27.6 Å². The maximum Gasteiger partial charge on any atom is 0.433 e. The van der Waals surface area contributed by atoms with Gasteiger partial charge in [-0.25, -0.2) is 4.98 Å². The first-order valence-electron chi connectivity index (χ1n) is 13.6. The molecule has 0 bridgehead atoms. The van der Waals surface area contributed by atoms with Gasteiger partial charge in [0.15, 0.2) is 0 Å². The molecule has 0 aromatic carbocycles. The third-order valence-corrected chi connectivity index (χ3v) is 9.90. The van der Waals surface area contributed by atoms with Crippen molar-refractivity contribution in [1.82, 2.24) is 25.1 Å². The lowest BCUT2D eigenvalue weighted by molar-refractivity contribution is -0.144. The van der Waals surface area contributed by atoms with E-state index >= 15 is 0 Å². The maximum atomic E-state index is 13.9. The van der Waals surface area contributed by atoms with Crippen LogP contribution in [0, 0.1) is 24.2 Å². The molecule has 15 heteroatoms. The van der Waals surface area contributed by atoms with E-state index < -0.39 is 11.9 Å². The van der Waals surface area contributed by atoms with Gasteiger partial charge in [-0.05, 0) is 56.0 Å². The summed E-state index contributed by atoms with van der Waals surface area (Å²) >= 11 is 1.24. The number of aryl methyl sites for hydroxylation is 1. The highest BCUT2D eigenvalue weighted by molar-refractivity contribution is 7.19. The van der Waals surface area contributed by atoms with Crippen molar-refractivity contribution in [3.05, 3.63) is 46.1 Å². The molecular weight excluding hydrogens is 662 g/mol. The van der Waals surface area contributed by atoms with Crippen LogP contribution in [0.2, 0.25) is 0 Å². The molecule has 3 aromatic heterocycles. The minimum Gasteiger partial charge on any atom is -0.337 e. The lowest BCUT2D eigenvalue weighted by Crippen LogP contribution is -2.47. The zero-order valence-electron chi connectivity index (χ0n) is 24.4. The fourth-order valence-corrected chi connectivity index (χ4v) is 7.52. The van der Waals surface area contributed by atoms with E-state index in [2.05, 4.69) is 15.3 Å². The first-order valence-corrected chi connectivity index (χ1v) is 14.4. The van der Waals surface area contributed by atoms with Gasteiger partial charge in [0.25, 0.3) is 5.91 Å². The fourth-order valence-electron chi connectivity index (χ4n) is 6.41. The van der Waals surface area contributed by atoms with Gasteiger partial charge in [0.05, 0.1) is 39.9 Å². The number of nitrogens with one attached hydrogen (secondary N) is 1. The number of alkyl halides is 3. The Bertz CT molecular complexity index is 1590. The van der Waals surface area contributed by atoms with E-state index in [-0.39, 0.29) is 102 Å². The number of likely N-dealkylation sites (N-methyl/N-ethyl adjacent to an activating group) is 1. The van der Waals surface area contributed by atoms with Crippen molar-refractivity contribution >= 4 is 76.5 Å². The molecule has 1 N–H and O–H groups in total. The van der Waals surface area contributed by atoms with Crippen molar-refractivity contribution in [3.63, 3.8) is 0 Å². The summed E-state index contributed by atoms with van der Waals surface area (Å²) in [6.45, 7) is 6.35. The Hall–Kier alpha value is -2.51. The van der Waals surface area contributed by atoms with Crippen LogP contribution in [0.25, 0.3) is 21.5 Å². The number of carbonyl (C=O) groups excluding carboxylic acids is 3. The number of thiophene rings is 1. The molecule has 3 aliphatic rings. The van der Waals surface area contributed by atoms with Gasteiger partial charge in [0.2, 0.25) is 11.8 Å². The molecule has 3 fully saturated rings. The van der Waals surface area contributed by atoms with Gasteiger partial charge in [-0.2, -0.15) is 13.2 Å². The van der Waals surface area contributed by atoms with Crippen molar-refractivity contribution in [1.29, 1.82) is 0 Å². The van der Waals surface area contributed by atoms with E-state index in [0.717, 1.165) is 18.9 Å². The van der Waals surface area contributed by atoms with Crippen LogP contribution in [-0.4, -0.2) is 63.7 Å². The fraction of sp³-hybridized carbons (Fsp3) is 0.483. The molecule has 8 nitrogen and oxygen atoms in total. The Balaban J connectivity index is 0.00000176. The Kier molecular flexibility index (Phi) is 10.4. The molecule has 240 valence electrons. The number of carbonyl (C=O) groups is 3. The van der Waals surface area contributed by atoms with Crippen LogP contribution in [0.4, 0.5) is 13.2 Å². The number of pyridine rings is 2. The molecule has 0 spiro atoms. The van der Waals surface area contributed by atoms with E-state index in [4.69, 9.17) is 0 Å². The molecular formula is C29H33Cl3F3N5O3S. The van der Waals surface area contributed by atoms with E-state index in [1.165, 1.54) is 29.4 Å². The second-order valence-electron chi connectivity index (χ2n) is 11.7. The number of nitrogens with zero attached hydrogens (tertiary/aromatic N) is 4. The standard InChI is InChI=1S/C29H30F3N5O3S.3ClH/c1-14-10-19(29(30,31)32)35-23(20(14)25(38)36-9-5-6-15(12-36)33-4)17-7-8-34-18-11-16(41-24(17)18)13-37-26(39)21-22(27(37)40)28(21,2)3;;;/h7-8,10-11,15,21-22,33H,5-6,9,12-13H2,1-4H3;3*1H. The molecule has 3 aromatic rings. The number of aromatic nitrogens is 2. The van der Waals surface area contributed by atoms with Crippen LogP contribution < -0.4 is 5.32 Å². The van der Waals surface area contributed by atoms with E-state index in [0.29, 0.717) is 33.7 Å². The van der Waals surface area contributed by atoms with Crippen molar-refractivity contribution < 1.29 is 27.6 Å². The van der Waals surface area contributed by atoms with Crippen LogP contribution >= 0.6 is 48.6 Å². The average molecular weight is 695 g/mol. The average Bonchev–Trinajstić information content (AvgIpc) is 3.17. The lowest BCUT2D eigenvalue weighted by Gasteiger charge is -2.33. The third-order valence-electron chi connectivity index (χ3n) is 8.76. The molecule has 1 aliphatic carbocycles. The van der Waals surface area contributed by atoms with Crippen LogP contribution in [0.15, 0.2) is 24.4 Å². The molecule has 1 saturated carbocycles. The summed E-state index contributed by atoms with van der Waals surface area (Å²) in [6, 6.07) is 4.33. The van der Waals surface area contributed by atoms with Crippen LogP contribution in [0.3, 0.4) is 0 Å². The molecule has 6 rings (SSSR count). The number of likely N-dealkylation sites (tertiary alicyclic amines) is 2. The van der Waals surface area contributed by atoms with Crippen molar-refractivity contribution in [2.75, 3.05) is 20.1 Å². The van der Waals surface area contributed by atoms with Crippen molar-refractivity contribution in [2.45, 2.75) is 52.4 Å². The highest BCUT2D eigenvalue weighted by Crippen LogP contribution is 2.63. The topological polar surface area (TPSA) is 95.5 Å². The minimum absolute atomic E-state index is 0. The maximum absolute atomic E-state index is 13.9. The molecule has 3 atom stereocenters. The Morgan fingerprint density at radius 1 is 1.14 bits per heavy atom. The van der Waals surface area contributed by atoms with E-state index in [1.54, 1.807) is 17.0 Å². The summed E-state index contributed by atoms with van der Waals surface area (Å²) in [4.78, 5) is 51.7. The minimum atomic E-state index is -4.71. The Morgan fingerprint density at radius 3 is 2.41 bits per heavy atom. The predicted octanol–water partition coefficient (Wildman–Crippen LogP) is 5.92. The van der Waals surface area contributed by atoms with Gasteiger partial charge in [0, 0.05) is 35.8 Å². The summed E-state index contributed by atoms with van der Waals surface area (Å²) in [7, 11) is 1.82. The van der Waals surface area contributed by atoms with Crippen LogP contribution in [0.5, 0.6) is 0 Å². The molecule has 44 heavy (non-hydrogen) atoms. The SMILES string of the molecule is CNC1CCCN(C(=O)c2c(C)cc(C(F)(F)F)nc2-c2ccnc3cc(CN4C(=O)C5C(C4=O)C5(C)C)sc23)C1.Cl.Cl.Cl. The number of piperidine rings is 2. The zero-order valence-corrected chi connectivity index (χ0v) is 27.6. The zero-order chi connectivity index (χ0) is 29.4. The number of hydrogen-bond acceptors (Lipinski definition) is 7. The summed E-state index contributed by atoms with van der Waals surface area (Å²) in [5, 5.41) is 3.19. The van der Waals surface area contributed by atoms with Gasteiger partial charge in [-0.3, -0.25) is 24.3 Å². The van der Waals surface area contributed by atoms with Gasteiger partial charge < -0.3 is 10.2 Å². The highest BCUT2D eigenvalue weighted by Gasteiger charge is 2.72. The number of halogens is 6. The third kappa shape index (κ3) is 5.91. The van der Waals surface area contributed by atoms with Gasteiger partial charge >= 0.3 is 6.18 Å². The quantitative estimate of drug-likeness (QED) is 0.334. The van der Waals surface area contributed by atoms with Gasteiger partial charge in [0.1, 0.15) is 5.69 Å². The highest BCUT2D eigenvalue weighted by atomic mass is 35.5. The monoisotopic (exact) mass is 693 g/mol. The molecule has 2 aliphatic heterocycles. The summed E-state index contributed by atoms with van der Waals surface area (Å²) in [5.41, 5.74) is -0.280. The number of imide groups is 1. The van der Waals surface area contributed by atoms with Crippen LogP contribution in [-0.2, 0) is 22.3 Å². The van der Waals surface area contributed by atoms with Gasteiger partial charge in [-0.15, -0.1) is 48.6 Å². The summed E-state index contributed by atoms with van der Waals surface area (Å²) in [6.07, 6.45) is -1.55. The molecule has 3 amide bonds. The molecule has 5 heterocycles. The second kappa shape index (κ2) is 12.7. The summed E-state index contributed by atoms with van der Waals surface area (Å²) < 4.78 is 42.3. The molecule has 0 radical (unpaired) electrons. The van der Waals surface area contributed by atoms with Crippen molar-refractivity contribution in [3.8, 4) is 11.3 Å². The largest absolute Gasteiger partial charge is 0.433 e. The second-order valence-corrected chi connectivity index (χ2v) is 12.9. The Labute approximate surface area is 275 Å². The van der Waals surface area contributed by atoms with Gasteiger partial charge in [-0.1, -0.05) is 13.8 Å². The smallest absolute Gasteiger partial charge is 0.337 e. The lowest BCUT2D eigenvalue weighted by atomic mass is 9.97. The number of hydrogen-bond donors (Lipinski definition) is 1. The number of amides is 3. The van der Waals surface area contributed by atoms with Crippen LogP contribution in [0.1, 0.15) is 53.2 Å². The van der Waals surface area contributed by atoms with Crippen molar-refractivity contribution in [2.24, 2.45) is 17.3 Å². The first kappa shape index (κ1) is 36.0. The first-order chi connectivity index (χ1) is 19.3. The normalized spacial score (nSPS) is 22.2. The number of fused-ring (bicyclic) bond motifs is 2. The number of rotatable bonds is 5. The Morgan fingerprint density at radius 2 is 1.80 bits per heavy atom.